The topological polar surface area (TPSA) is 94.5 Å². The van der Waals surface area contributed by atoms with Gasteiger partial charge in [0.2, 0.25) is 0 Å². The van der Waals surface area contributed by atoms with Gasteiger partial charge >= 0.3 is 0 Å². The molecule has 0 atom stereocenters. The highest BCUT2D eigenvalue weighted by molar-refractivity contribution is 7.93. The van der Waals surface area contributed by atoms with Crippen LogP contribution < -0.4 is 9.46 Å². The predicted octanol–water partition coefficient (Wildman–Crippen LogP) is 3.80. The summed E-state index contributed by atoms with van der Waals surface area (Å²) in [5.74, 6) is 0.281. The number of ether oxygens (including phenoxy) is 1. The van der Waals surface area contributed by atoms with Crippen molar-refractivity contribution >= 4 is 37.3 Å². The van der Waals surface area contributed by atoms with Gasteiger partial charge in [-0.25, -0.2) is 20.8 Å². The summed E-state index contributed by atoms with van der Waals surface area (Å²) in [7, 11) is -6.66. The van der Waals surface area contributed by atoms with Crippen LogP contribution in [0.1, 0.15) is 11.4 Å². The molecule has 1 N–H and O–H groups in total. The molecule has 0 aliphatic rings. The van der Waals surface area contributed by atoms with E-state index in [0.29, 0.717) is 5.02 Å². The number of aromatic nitrogens is 1. The number of sulfonamides is 1. The Morgan fingerprint density at radius 2 is 1.62 bits per heavy atom. The van der Waals surface area contributed by atoms with E-state index in [2.05, 4.69) is 4.72 Å². The quantitative estimate of drug-likeness (QED) is 0.611. The van der Waals surface area contributed by atoms with E-state index >= 15 is 0 Å². The zero-order valence-corrected chi connectivity index (χ0v) is 18.3. The molecule has 0 unspecified atom stereocenters. The van der Waals surface area contributed by atoms with Gasteiger partial charge in [-0.1, -0.05) is 29.8 Å². The second-order valence-electron chi connectivity index (χ2n) is 6.27. The lowest BCUT2D eigenvalue weighted by Crippen LogP contribution is -2.18. The minimum Gasteiger partial charge on any atom is -0.495 e. The van der Waals surface area contributed by atoms with Crippen molar-refractivity contribution in [2.75, 3.05) is 11.8 Å². The molecule has 10 heteroatoms. The fourth-order valence-electron chi connectivity index (χ4n) is 3.02. The Morgan fingerprint density at radius 1 is 0.966 bits per heavy atom. The minimum absolute atomic E-state index is 0.0650. The molecule has 0 radical (unpaired) electrons. The Labute approximate surface area is 175 Å². The van der Waals surface area contributed by atoms with Crippen molar-refractivity contribution in [2.45, 2.75) is 23.6 Å². The van der Waals surface area contributed by atoms with Crippen molar-refractivity contribution in [1.29, 1.82) is 0 Å². The maximum absolute atomic E-state index is 13.0. The van der Waals surface area contributed by atoms with Gasteiger partial charge in [0.05, 0.1) is 23.4 Å². The zero-order chi connectivity index (χ0) is 21.4. The van der Waals surface area contributed by atoms with Gasteiger partial charge < -0.3 is 4.74 Å². The maximum atomic E-state index is 13.0. The lowest BCUT2D eigenvalue weighted by atomic mass is 10.3. The number of nitrogens with zero attached hydrogens (tertiary/aromatic N) is 1. The van der Waals surface area contributed by atoms with Crippen LogP contribution in [0, 0.1) is 13.8 Å². The molecule has 29 heavy (non-hydrogen) atoms. The van der Waals surface area contributed by atoms with Gasteiger partial charge in [0.15, 0.2) is 0 Å². The lowest BCUT2D eigenvalue weighted by molar-refractivity contribution is 0.417. The predicted molar refractivity (Wildman–Crippen MR) is 112 cm³/mol. The van der Waals surface area contributed by atoms with E-state index in [4.69, 9.17) is 16.3 Å². The smallest absolute Gasteiger partial charge is 0.268 e. The van der Waals surface area contributed by atoms with E-state index in [1.165, 1.54) is 51.3 Å². The summed E-state index contributed by atoms with van der Waals surface area (Å²) in [6.07, 6.45) is 0. The highest BCUT2D eigenvalue weighted by Crippen LogP contribution is 2.32. The number of hydrogen-bond donors (Lipinski definition) is 1. The number of hydrogen-bond acceptors (Lipinski definition) is 5. The molecule has 2 aromatic carbocycles. The molecular weight excluding hydrogens is 436 g/mol. The SMILES string of the molecule is COc1ccc(Cl)cc1NS(=O)(=O)c1cc(C)n(S(=O)(=O)c2ccccc2)c1C. The number of benzene rings is 2. The first-order valence-corrected chi connectivity index (χ1v) is 11.7. The van der Waals surface area contributed by atoms with Crippen molar-refractivity contribution in [2.24, 2.45) is 0 Å². The van der Waals surface area contributed by atoms with E-state index in [1.54, 1.807) is 24.3 Å². The van der Waals surface area contributed by atoms with Crippen LogP contribution in [0.5, 0.6) is 5.75 Å². The minimum atomic E-state index is -4.11. The van der Waals surface area contributed by atoms with Crippen molar-refractivity contribution < 1.29 is 21.6 Å². The average Bonchev–Trinajstić information content (AvgIpc) is 2.98. The monoisotopic (exact) mass is 454 g/mol. The largest absolute Gasteiger partial charge is 0.495 e. The van der Waals surface area contributed by atoms with E-state index in [9.17, 15) is 16.8 Å². The molecule has 154 valence electrons. The van der Waals surface area contributed by atoms with Gasteiger partial charge in [0.25, 0.3) is 20.0 Å². The summed E-state index contributed by atoms with van der Waals surface area (Å²) in [5.41, 5.74) is 0.486. The fourth-order valence-corrected chi connectivity index (χ4v) is 6.21. The third-order valence-electron chi connectivity index (χ3n) is 4.30. The molecule has 0 fully saturated rings. The van der Waals surface area contributed by atoms with E-state index in [1.807, 2.05) is 0 Å². The maximum Gasteiger partial charge on any atom is 0.268 e. The fraction of sp³-hybridized carbons (Fsp3) is 0.158. The van der Waals surface area contributed by atoms with Crippen LogP contribution in [0.15, 0.2) is 64.4 Å². The van der Waals surface area contributed by atoms with Crippen LogP contribution in [0.25, 0.3) is 0 Å². The van der Waals surface area contributed by atoms with Crippen LogP contribution in [0.2, 0.25) is 5.02 Å². The van der Waals surface area contributed by atoms with E-state index in [-0.39, 0.29) is 32.6 Å². The lowest BCUT2D eigenvalue weighted by Gasteiger charge is -2.13. The normalized spacial score (nSPS) is 12.0. The first-order valence-electron chi connectivity index (χ1n) is 8.44. The first-order chi connectivity index (χ1) is 13.6. The highest BCUT2D eigenvalue weighted by atomic mass is 35.5. The molecule has 0 amide bonds. The van der Waals surface area contributed by atoms with E-state index in [0.717, 1.165) is 3.97 Å². The summed E-state index contributed by atoms with van der Waals surface area (Å²) in [6, 6.07) is 13.6. The van der Waals surface area contributed by atoms with Crippen molar-refractivity contribution in [1.82, 2.24) is 3.97 Å². The standard InChI is InChI=1S/C19H19ClN2O5S2/c1-13-11-19(14(2)22(13)29(25,26)16-7-5-4-6-8-16)28(23,24)21-17-12-15(20)9-10-18(17)27-3/h4-12,21H,1-3H3. The second kappa shape index (κ2) is 7.74. The zero-order valence-electron chi connectivity index (χ0n) is 15.9. The summed E-state index contributed by atoms with van der Waals surface area (Å²) in [6.45, 7) is 2.98. The van der Waals surface area contributed by atoms with Gasteiger partial charge in [-0.05, 0) is 50.2 Å². The van der Waals surface area contributed by atoms with Crippen molar-refractivity contribution in [3.05, 3.63) is 71.0 Å². The molecule has 7 nitrogen and oxygen atoms in total. The number of halogens is 1. The summed E-state index contributed by atoms with van der Waals surface area (Å²) in [5, 5.41) is 0.320. The van der Waals surface area contributed by atoms with Gasteiger partial charge in [0.1, 0.15) is 10.6 Å². The molecule has 0 bridgehead atoms. The molecule has 1 heterocycles. The van der Waals surface area contributed by atoms with Crippen LogP contribution in [0.4, 0.5) is 5.69 Å². The van der Waals surface area contributed by atoms with Crippen LogP contribution in [-0.4, -0.2) is 27.9 Å². The molecule has 0 saturated heterocycles. The van der Waals surface area contributed by atoms with Crippen LogP contribution >= 0.6 is 11.6 Å². The summed E-state index contributed by atoms with van der Waals surface area (Å²) < 4.78 is 60.7. The molecule has 0 aliphatic heterocycles. The molecule has 0 saturated carbocycles. The van der Waals surface area contributed by atoms with Gasteiger partial charge in [-0.3, -0.25) is 4.72 Å². The Kier molecular flexibility index (Phi) is 5.66. The Bertz CT molecular complexity index is 1270. The third-order valence-corrected chi connectivity index (χ3v) is 7.92. The average molecular weight is 455 g/mol. The Hall–Kier alpha value is -2.49. The first kappa shape index (κ1) is 21.2. The van der Waals surface area contributed by atoms with Gasteiger partial charge in [0, 0.05) is 10.7 Å². The highest BCUT2D eigenvalue weighted by Gasteiger charge is 2.28. The Balaban J connectivity index is 2.10. The number of aryl methyl sites for hydroxylation is 1. The van der Waals surface area contributed by atoms with Gasteiger partial charge in [-0.15, -0.1) is 0 Å². The molecule has 0 spiro atoms. The molecule has 3 rings (SSSR count). The number of rotatable bonds is 6. The number of anilines is 1. The number of nitrogens with one attached hydrogen (secondary N) is 1. The molecule has 1 aromatic heterocycles. The van der Waals surface area contributed by atoms with Crippen LogP contribution in [0.3, 0.4) is 0 Å². The van der Waals surface area contributed by atoms with Gasteiger partial charge in [-0.2, -0.15) is 0 Å². The third kappa shape index (κ3) is 3.98. The second-order valence-corrected chi connectivity index (χ2v) is 10.1. The molecular formula is C19H19ClN2O5S2. The Morgan fingerprint density at radius 3 is 2.24 bits per heavy atom. The molecule has 0 aliphatic carbocycles. The van der Waals surface area contributed by atoms with Crippen LogP contribution in [-0.2, 0) is 20.0 Å². The summed E-state index contributed by atoms with van der Waals surface area (Å²) in [4.78, 5) is -0.0910. The number of methoxy groups -OCH3 is 1. The molecule has 3 aromatic rings. The van der Waals surface area contributed by atoms with Crippen molar-refractivity contribution in [3.63, 3.8) is 0 Å². The van der Waals surface area contributed by atoms with E-state index < -0.39 is 20.0 Å². The summed E-state index contributed by atoms with van der Waals surface area (Å²) >= 11 is 5.96. The van der Waals surface area contributed by atoms with Crippen molar-refractivity contribution in [3.8, 4) is 5.75 Å².